The van der Waals surface area contributed by atoms with Crippen LogP contribution < -0.4 is 5.32 Å². The van der Waals surface area contributed by atoms with E-state index in [9.17, 15) is 13.2 Å². The molecule has 0 spiro atoms. The third-order valence-corrected chi connectivity index (χ3v) is 7.40. The topological polar surface area (TPSA) is 95.2 Å². The van der Waals surface area contributed by atoms with Gasteiger partial charge in [0.05, 0.1) is 11.4 Å². The Kier molecular flexibility index (Phi) is 6.20. The maximum absolute atomic E-state index is 12.9. The average Bonchev–Trinajstić information content (AvgIpc) is 3.01. The Morgan fingerprint density at radius 2 is 1.82 bits per heavy atom. The molecule has 2 aromatic rings. The second-order valence-corrected chi connectivity index (χ2v) is 9.37. The summed E-state index contributed by atoms with van der Waals surface area (Å²) in [5.41, 5.74) is 3.40. The van der Waals surface area contributed by atoms with Crippen molar-refractivity contribution in [1.29, 1.82) is 0 Å². The van der Waals surface area contributed by atoms with Crippen LogP contribution in [0.2, 0.25) is 0 Å². The monoisotopic (exact) mass is 404 g/mol. The molecule has 0 radical (unpaired) electrons. The second kappa shape index (κ2) is 8.45. The zero-order valence-corrected chi connectivity index (χ0v) is 17.5. The lowest BCUT2D eigenvalue weighted by atomic mass is 10.1. The summed E-state index contributed by atoms with van der Waals surface area (Å²) in [6.45, 7) is 6.24. The van der Waals surface area contributed by atoms with Gasteiger partial charge in [0.2, 0.25) is 15.9 Å². The number of hydrogen-bond acceptors (Lipinski definition) is 4. The molecule has 152 valence electrons. The number of sulfonamides is 1. The Balaban J connectivity index is 1.50. The molecule has 1 saturated heterocycles. The fourth-order valence-electron chi connectivity index (χ4n) is 3.60. The van der Waals surface area contributed by atoms with E-state index < -0.39 is 10.0 Å². The van der Waals surface area contributed by atoms with E-state index in [0.29, 0.717) is 50.2 Å². The molecular weight excluding hydrogens is 376 g/mol. The van der Waals surface area contributed by atoms with Crippen molar-refractivity contribution in [2.24, 2.45) is 0 Å². The van der Waals surface area contributed by atoms with Gasteiger partial charge in [-0.1, -0.05) is 29.8 Å². The molecule has 1 aromatic carbocycles. The number of aromatic amines is 1. The predicted molar refractivity (Wildman–Crippen MR) is 107 cm³/mol. The van der Waals surface area contributed by atoms with E-state index in [-0.39, 0.29) is 16.8 Å². The maximum Gasteiger partial charge on any atom is 0.246 e. The van der Waals surface area contributed by atoms with Gasteiger partial charge in [0.15, 0.2) is 0 Å². The maximum atomic E-state index is 12.9. The van der Waals surface area contributed by atoms with Gasteiger partial charge in [-0.3, -0.25) is 9.89 Å². The number of benzene rings is 1. The smallest absolute Gasteiger partial charge is 0.246 e. The highest BCUT2D eigenvalue weighted by atomic mass is 32.2. The summed E-state index contributed by atoms with van der Waals surface area (Å²) in [6, 6.07) is 8.21. The van der Waals surface area contributed by atoms with Crippen molar-refractivity contribution < 1.29 is 13.2 Å². The number of rotatable bonds is 6. The molecule has 0 aliphatic carbocycles. The largest absolute Gasteiger partial charge is 0.353 e. The molecule has 7 nitrogen and oxygen atoms in total. The summed E-state index contributed by atoms with van der Waals surface area (Å²) in [6.07, 6.45) is 2.38. The van der Waals surface area contributed by atoms with Crippen LogP contribution in [-0.4, -0.2) is 48.0 Å². The van der Waals surface area contributed by atoms with E-state index in [4.69, 9.17) is 0 Å². The zero-order chi connectivity index (χ0) is 20.3. The molecule has 2 N–H and O–H groups in total. The Morgan fingerprint density at radius 1 is 1.18 bits per heavy atom. The van der Waals surface area contributed by atoms with Crippen LogP contribution in [0.15, 0.2) is 29.2 Å². The van der Waals surface area contributed by atoms with Crippen molar-refractivity contribution in [2.45, 2.75) is 57.4 Å². The number of piperidine rings is 1. The lowest BCUT2D eigenvalue weighted by molar-refractivity contribution is -0.122. The number of nitrogens with zero attached hydrogens (tertiary/aromatic N) is 2. The molecule has 1 amide bonds. The summed E-state index contributed by atoms with van der Waals surface area (Å²) < 4.78 is 27.3. The van der Waals surface area contributed by atoms with Crippen molar-refractivity contribution in [3.05, 3.63) is 46.8 Å². The van der Waals surface area contributed by atoms with Gasteiger partial charge in [0, 0.05) is 25.6 Å². The van der Waals surface area contributed by atoms with Crippen molar-refractivity contribution in [3.8, 4) is 0 Å². The van der Waals surface area contributed by atoms with Crippen LogP contribution in [0.1, 0.15) is 41.8 Å². The van der Waals surface area contributed by atoms with Crippen molar-refractivity contribution >= 4 is 15.9 Å². The lowest BCUT2D eigenvalue weighted by Gasteiger charge is -2.31. The van der Waals surface area contributed by atoms with Crippen LogP contribution in [0, 0.1) is 20.8 Å². The van der Waals surface area contributed by atoms with Crippen LogP contribution in [0.25, 0.3) is 0 Å². The highest BCUT2D eigenvalue weighted by molar-refractivity contribution is 7.89. The first-order chi connectivity index (χ1) is 13.3. The Labute approximate surface area is 166 Å². The first-order valence-electron chi connectivity index (χ1n) is 9.64. The van der Waals surface area contributed by atoms with E-state index in [1.165, 1.54) is 9.87 Å². The number of amides is 1. The van der Waals surface area contributed by atoms with E-state index in [1.54, 1.807) is 13.8 Å². The third kappa shape index (κ3) is 4.62. The van der Waals surface area contributed by atoms with Crippen LogP contribution in [-0.2, 0) is 21.2 Å². The average molecular weight is 405 g/mol. The molecule has 1 aliphatic rings. The molecule has 2 heterocycles. The predicted octanol–water partition coefficient (Wildman–Crippen LogP) is 2.24. The quantitative estimate of drug-likeness (QED) is 0.772. The Hall–Kier alpha value is -2.19. The number of hydrogen-bond donors (Lipinski definition) is 2. The number of H-pyrrole nitrogens is 1. The molecule has 0 saturated carbocycles. The molecule has 3 rings (SSSR count). The fraction of sp³-hybridized carbons (Fsp3) is 0.500. The van der Waals surface area contributed by atoms with Crippen LogP contribution >= 0.6 is 0 Å². The summed E-state index contributed by atoms with van der Waals surface area (Å²) in [7, 11) is -3.55. The van der Waals surface area contributed by atoms with Crippen LogP contribution in [0.3, 0.4) is 0 Å². The van der Waals surface area contributed by atoms with Gasteiger partial charge >= 0.3 is 0 Å². The first-order valence-corrected chi connectivity index (χ1v) is 11.1. The third-order valence-electron chi connectivity index (χ3n) is 5.24. The highest BCUT2D eigenvalue weighted by Crippen LogP contribution is 2.24. The minimum Gasteiger partial charge on any atom is -0.353 e. The molecule has 0 atom stereocenters. The molecular formula is C20H28N4O3S. The first kappa shape index (κ1) is 20.5. The lowest BCUT2D eigenvalue weighted by Crippen LogP contribution is -2.46. The molecule has 1 aliphatic heterocycles. The standard InChI is InChI=1S/C20H28N4O3S/c1-14-4-6-17(7-5-14)8-9-19(25)21-18-10-12-24(13-11-18)28(26,27)20-15(2)22-23-16(20)3/h4-7,18H,8-13H2,1-3H3,(H,21,25)(H,22,23). The van der Waals surface area contributed by atoms with Crippen molar-refractivity contribution in [1.82, 2.24) is 19.8 Å². The van der Waals surface area contributed by atoms with Crippen molar-refractivity contribution in [3.63, 3.8) is 0 Å². The molecule has 28 heavy (non-hydrogen) atoms. The second-order valence-electron chi connectivity index (χ2n) is 7.49. The van der Waals surface area contributed by atoms with E-state index in [1.807, 2.05) is 31.2 Å². The van der Waals surface area contributed by atoms with Gasteiger partial charge in [0.1, 0.15) is 4.90 Å². The summed E-state index contributed by atoms with van der Waals surface area (Å²) in [5.74, 6) is 0.0170. The minimum absolute atomic E-state index is 0.0170. The molecule has 0 unspecified atom stereocenters. The highest BCUT2D eigenvalue weighted by Gasteiger charge is 2.33. The summed E-state index contributed by atoms with van der Waals surface area (Å²) in [4.78, 5) is 12.5. The number of aryl methyl sites for hydroxylation is 4. The Morgan fingerprint density at radius 3 is 2.39 bits per heavy atom. The summed E-state index contributed by atoms with van der Waals surface area (Å²) in [5, 5.41) is 9.78. The van der Waals surface area contributed by atoms with Crippen LogP contribution in [0.5, 0.6) is 0 Å². The molecule has 1 aromatic heterocycles. The number of aromatic nitrogens is 2. The molecule has 1 fully saturated rings. The number of nitrogens with one attached hydrogen (secondary N) is 2. The van der Waals surface area contributed by atoms with Crippen molar-refractivity contribution in [2.75, 3.05) is 13.1 Å². The zero-order valence-electron chi connectivity index (χ0n) is 16.7. The normalized spacial score (nSPS) is 16.2. The van der Waals surface area contributed by atoms with Gasteiger partial charge in [-0.05, 0) is 45.6 Å². The van der Waals surface area contributed by atoms with Crippen LogP contribution in [0.4, 0.5) is 0 Å². The molecule has 0 bridgehead atoms. The number of carbonyl (C=O) groups excluding carboxylic acids is 1. The van der Waals surface area contributed by atoms with Gasteiger partial charge in [0.25, 0.3) is 0 Å². The minimum atomic E-state index is -3.55. The van der Waals surface area contributed by atoms with E-state index >= 15 is 0 Å². The Bertz CT molecular complexity index is 907. The van der Waals surface area contributed by atoms with Gasteiger partial charge < -0.3 is 5.32 Å². The fourth-order valence-corrected chi connectivity index (χ4v) is 5.40. The van der Waals surface area contributed by atoms with Gasteiger partial charge in [-0.25, -0.2) is 8.42 Å². The van der Waals surface area contributed by atoms with E-state index in [0.717, 1.165) is 5.56 Å². The molecule has 8 heteroatoms. The number of carbonyl (C=O) groups is 1. The summed E-state index contributed by atoms with van der Waals surface area (Å²) >= 11 is 0. The van der Waals surface area contributed by atoms with Gasteiger partial charge in [-0.2, -0.15) is 9.40 Å². The van der Waals surface area contributed by atoms with Gasteiger partial charge in [-0.15, -0.1) is 0 Å². The van der Waals surface area contributed by atoms with E-state index in [2.05, 4.69) is 15.5 Å². The SMILES string of the molecule is Cc1ccc(CCC(=O)NC2CCN(S(=O)(=O)c3c(C)n[nH]c3C)CC2)cc1.